The largest absolute Gasteiger partial charge is 0.343 e. The van der Waals surface area contributed by atoms with Crippen molar-refractivity contribution in [3.63, 3.8) is 0 Å². The van der Waals surface area contributed by atoms with Crippen molar-refractivity contribution in [2.24, 2.45) is 11.3 Å². The van der Waals surface area contributed by atoms with Gasteiger partial charge in [-0.3, -0.25) is 9.52 Å². The first-order valence-electron chi connectivity index (χ1n) is 12.1. The van der Waals surface area contributed by atoms with Crippen molar-refractivity contribution in [3.8, 4) is 0 Å². The fraction of sp³-hybridized carbons (Fsp3) is 0.480. The van der Waals surface area contributed by atoms with Gasteiger partial charge in [0, 0.05) is 32.4 Å². The molecule has 12 heteroatoms. The zero-order valence-corrected chi connectivity index (χ0v) is 23.2. The second kappa shape index (κ2) is 10.4. The molecule has 3 heterocycles. The van der Waals surface area contributed by atoms with Gasteiger partial charge in [0.05, 0.1) is 6.04 Å². The Bertz CT molecular complexity index is 1410. The summed E-state index contributed by atoms with van der Waals surface area (Å²) in [7, 11) is -0.888. The summed E-state index contributed by atoms with van der Waals surface area (Å²) in [5.41, 5.74) is 3.77. The highest BCUT2D eigenvalue weighted by atomic mass is 32.2. The zero-order valence-electron chi connectivity index (χ0n) is 21.6. The van der Waals surface area contributed by atoms with E-state index < -0.39 is 22.2 Å². The first kappa shape index (κ1) is 27.1. The fourth-order valence-corrected chi connectivity index (χ4v) is 5.75. The van der Waals surface area contributed by atoms with Gasteiger partial charge in [-0.2, -0.15) is 12.7 Å². The number of aldehydes is 1. The lowest BCUT2D eigenvalue weighted by atomic mass is 9.71. The molecule has 0 fully saturated rings. The number of amides is 1. The van der Waals surface area contributed by atoms with Crippen LogP contribution in [-0.4, -0.2) is 54.0 Å². The maximum absolute atomic E-state index is 13.1. The number of anilines is 1. The molecule has 4 rings (SSSR count). The van der Waals surface area contributed by atoms with E-state index >= 15 is 0 Å². The average molecular weight is 545 g/mol. The monoisotopic (exact) mass is 544 g/mol. The van der Waals surface area contributed by atoms with E-state index in [4.69, 9.17) is 4.98 Å². The number of fused-ring (bicyclic) bond motifs is 2. The molecule has 3 aromatic heterocycles. The Morgan fingerprint density at radius 2 is 2.03 bits per heavy atom. The number of hydrogen-bond acceptors (Lipinski definition) is 8. The van der Waals surface area contributed by atoms with E-state index in [9.17, 15) is 18.0 Å². The van der Waals surface area contributed by atoms with Crippen molar-refractivity contribution < 1.29 is 18.0 Å². The summed E-state index contributed by atoms with van der Waals surface area (Å²) in [5, 5.41) is 3.13. The number of aryl methyl sites for hydroxylation is 1. The lowest BCUT2D eigenvalue weighted by Gasteiger charge is -2.34. The van der Waals surface area contributed by atoms with E-state index in [1.54, 1.807) is 6.07 Å². The van der Waals surface area contributed by atoms with Gasteiger partial charge in [0.2, 0.25) is 0 Å². The third-order valence-corrected chi connectivity index (χ3v) is 9.10. The van der Waals surface area contributed by atoms with Gasteiger partial charge in [0.1, 0.15) is 22.5 Å². The maximum atomic E-state index is 13.1. The molecule has 0 aromatic carbocycles. The minimum absolute atomic E-state index is 0.0296. The summed E-state index contributed by atoms with van der Waals surface area (Å²) in [5.74, 6) is 0.296. The molecule has 3 aromatic rings. The van der Waals surface area contributed by atoms with E-state index in [2.05, 4.69) is 46.8 Å². The molecule has 0 saturated heterocycles. The molecule has 0 saturated carbocycles. The second-order valence-corrected chi connectivity index (χ2v) is 13.4. The molecule has 0 aliphatic heterocycles. The lowest BCUT2D eigenvalue weighted by molar-refractivity contribution is -0.108. The highest BCUT2D eigenvalue weighted by Crippen LogP contribution is 2.38. The Kier molecular flexibility index (Phi) is 7.63. The van der Waals surface area contributed by atoms with Crippen LogP contribution in [0, 0.1) is 11.3 Å². The quantitative estimate of drug-likeness (QED) is 0.414. The molecule has 37 heavy (non-hydrogen) atoms. The van der Waals surface area contributed by atoms with Crippen LogP contribution in [0.25, 0.3) is 10.3 Å². The van der Waals surface area contributed by atoms with Crippen molar-refractivity contribution in [1.29, 1.82) is 0 Å². The SMILES string of the molecule is CN(C)S(=O)(=O)Nc1ccc(C(CC=O)NC(=O)c2nc3cc4c(nc3s2)CC[C@H](C(C)(C)C)C4)cn1. The number of carbonyl (C=O) groups excluding carboxylic acids is 2. The maximum Gasteiger partial charge on any atom is 0.302 e. The highest BCUT2D eigenvalue weighted by Gasteiger charge is 2.30. The van der Waals surface area contributed by atoms with Crippen molar-refractivity contribution in [2.45, 2.75) is 52.5 Å². The number of pyridine rings is 2. The molecule has 2 atom stereocenters. The van der Waals surface area contributed by atoms with Gasteiger partial charge < -0.3 is 10.1 Å². The van der Waals surface area contributed by atoms with Crippen molar-refractivity contribution in [2.75, 3.05) is 18.8 Å². The summed E-state index contributed by atoms with van der Waals surface area (Å²) in [6, 6.07) is 4.52. The minimum atomic E-state index is -3.70. The predicted octanol–water partition coefficient (Wildman–Crippen LogP) is 3.52. The molecule has 0 spiro atoms. The smallest absolute Gasteiger partial charge is 0.302 e. The van der Waals surface area contributed by atoms with Gasteiger partial charge in [0.15, 0.2) is 5.01 Å². The van der Waals surface area contributed by atoms with Crippen LogP contribution in [0.2, 0.25) is 0 Å². The van der Waals surface area contributed by atoms with Crippen molar-refractivity contribution >= 4 is 49.9 Å². The van der Waals surface area contributed by atoms with Crippen molar-refractivity contribution in [3.05, 3.63) is 46.2 Å². The third-order valence-electron chi connectivity index (χ3n) is 6.71. The highest BCUT2D eigenvalue weighted by molar-refractivity contribution is 7.90. The molecule has 1 aliphatic carbocycles. The Balaban J connectivity index is 1.51. The summed E-state index contributed by atoms with van der Waals surface area (Å²) >= 11 is 1.23. The number of carbonyl (C=O) groups is 2. The molecule has 2 N–H and O–H groups in total. The number of nitrogens with zero attached hydrogens (tertiary/aromatic N) is 4. The van der Waals surface area contributed by atoms with Gasteiger partial charge in [-0.25, -0.2) is 15.0 Å². The number of aromatic nitrogens is 3. The zero-order chi connectivity index (χ0) is 27.0. The molecular formula is C25H32N6O4S2. The predicted molar refractivity (Wildman–Crippen MR) is 144 cm³/mol. The fourth-order valence-electron chi connectivity index (χ4n) is 4.34. The van der Waals surface area contributed by atoms with Crippen LogP contribution in [-0.2, 0) is 27.8 Å². The Morgan fingerprint density at radius 1 is 1.27 bits per heavy atom. The summed E-state index contributed by atoms with van der Waals surface area (Å²) in [4.78, 5) is 38.6. The Labute approximate surface area is 221 Å². The minimum Gasteiger partial charge on any atom is -0.343 e. The molecule has 10 nitrogen and oxygen atoms in total. The number of nitrogens with one attached hydrogen (secondary N) is 2. The van der Waals surface area contributed by atoms with Crippen LogP contribution >= 0.6 is 11.3 Å². The van der Waals surface area contributed by atoms with Crippen LogP contribution in [0.3, 0.4) is 0 Å². The Morgan fingerprint density at radius 3 is 2.65 bits per heavy atom. The van der Waals surface area contributed by atoms with Crippen LogP contribution in [0.1, 0.15) is 66.3 Å². The molecule has 0 bridgehead atoms. The topological polar surface area (TPSA) is 134 Å². The standard InChI is InChI=1S/C25H32N6O4S2/c1-25(2,3)17-7-8-18-16(12-17)13-20-23(28-18)36-24(29-20)22(33)27-19(10-11-32)15-6-9-21(26-14-15)30-37(34,35)31(4)5/h6,9,11,13-14,17,19H,7-8,10,12H2,1-5H3,(H,26,30)(H,27,33)/t17-,19?/m0/s1. The first-order chi connectivity index (χ1) is 17.4. The summed E-state index contributed by atoms with van der Waals surface area (Å²) in [6.45, 7) is 6.79. The number of rotatable bonds is 8. The van der Waals surface area contributed by atoms with Gasteiger partial charge in [-0.15, -0.1) is 0 Å². The van der Waals surface area contributed by atoms with Gasteiger partial charge in [-0.05, 0) is 53.9 Å². The van der Waals surface area contributed by atoms with E-state index in [0.29, 0.717) is 23.3 Å². The van der Waals surface area contributed by atoms with E-state index in [1.807, 2.05) is 0 Å². The Hall–Kier alpha value is -2.96. The van der Waals surface area contributed by atoms with Gasteiger partial charge in [0.25, 0.3) is 5.91 Å². The van der Waals surface area contributed by atoms with Crippen LogP contribution < -0.4 is 10.0 Å². The summed E-state index contributed by atoms with van der Waals surface area (Å²) in [6.07, 6.45) is 5.15. The van der Waals surface area contributed by atoms with Crippen molar-refractivity contribution in [1.82, 2.24) is 24.6 Å². The van der Waals surface area contributed by atoms with Crippen LogP contribution in [0.4, 0.5) is 5.82 Å². The molecule has 198 valence electrons. The average Bonchev–Trinajstić information content (AvgIpc) is 3.24. The third kappa shape index (κ3) is 6.13. The van der Waals surface area contributed by atoms with Gasteiger partial charge in [-0.1, -0.05) is 38.2 Å². The van der Waals surface area contributed by atoms with E-state index in [0.717, 1.165) is 34.1 Å². The lowest BCUT2D eigenvalue weighted by Crippen LogP contribution is -2.30. The van der Waals surface area contributed by atoms with E-state index in [-0.39, 0.29) is 22.7 Å². The van der Waals surface area contributed by atoms with Crippen LogP contribution in [0.15, 0.2) is 24.4 Å². The van der Waals surface area contributed by atoms with E-state index in [1.165, 1.54) is 43.3 Å². The number of hydrogen-bond donors (Lipinski definition) is 2. The van der Waals surface area contributed by atoms with Gasteiger partial charge >= 0.3 is 10.2 Å². The molecule has 1 amide bonds. The second-order valence-electron chi connectivity index (χ2n) is 10.5. The number of thiazole rings is 1. The normalized spacial score (nSPS) is 16.9. The molecule has 0 radical (unpaired) electrons. The molecule has 1 aliphatic rings. The molecular weight excluding hydrogens is 512 g/mol. The molecule has 1 unspecified atom stereocenters. The summed E-state index contributed by atoms with van der Waals surface area (Å²) < 4.78 is 27.4. The first-order valence-corrected chi connectivity index (χ1v) is 14.3. The van der Waals surface area contributed by atoms with Crippen LogP contribution in [0.5, 0.6) is 0 Å².